The van der Waals surface area contributed by atoms with Gasteiger partial charge < -0.3 is 10.2 Å². The molecule has 2 nitrogen and oxygen atoms in total. The van der Waals surface area contributed by atoms with Crippen molar-refractivity contribution in [3.8, 4) is 0 Å². The van der Waals surface area contributed by atoms with Crippen LogP contribution in [0.3, 0.4) is 0 Å². The van der Waals surface area contributed by atoms with Crippen molar-refractivity contribution in [3.05, 3.63) is 36.9 Å². The SMILES string of the molecule is C=CCN(C)c1cccc(NC)c1. The van der Waals surface area contributed by atoms with Crippen LogP contribution in [0.4, 0.5) is 11.4 Å². The number of nitrogens with one attached hydrogen (secondary N) is 1. The number of benzene rings is 1. The standard InChI is InChI=1S/C11H16N2/c1-4-8-13(3)11-7-5-6-10(9-11)12-2/h4-7,9,12H,1,8H2,2-3H3. The lowest BCUT2D eigenvalue weighted by Crippen LogP contribution is -2.16. The average Bonchev–Trinajstić information content (AvgIpc) is 2.18. The molecular weight excluding hydrogens is 160 g/mol. The van der Waals surface area contributed by atoms with Crippen LogP contribution >= 0.6 is 0 Å². The highest BCUT2D eigenvalue weighted by Gasteiger charge is 1.98. The predicted molar refractivity (Wildman–Crippen MR) is 59.5 cm³/mol. The van der Waals surface area contributed by atoms with Gasteiger partial charge in [-0.25, -0.2) is 0 Å². The molecule has 0 aliphatic carbocycles. The van der Waals surface area contributed by atoms with E-state index in [1.165, 1.54) is 5.69 Å². The van der Waals surface area contributed by atoms with E-state index in [0.29, 0.717) is 0 Å². The van der Waals surface area contributed by atoms with Crippen molar-refractivity contribution < 1.29 is 0 Å². The first-order valence-corrected chi connectivity index (χ1v) is 4.37. The molecule has 1 aromatic rings. The topological polar surface area (TPSA) is 15.3 Å². The Kier molecular flexibility index (Phi) is 3.38. The van der Waals surface area contributed by atoms with Crippen LogP contribution in [0.2, 0.25) is 0 Å². The molecule has 0 amide bonds. The number of likely N-dealkylation sites (N-methyl/N-ethyl adjacent to an activating group) is 1. The van der Waals surface area contributed by atoms with Crippen LogP contribution in [0.25, 0.3) is 0 Å². The van der Waals surface area contributed by atoms with Gasteiger partial charge in [0.2, 0.25) is 0 Å². The monoisotopic (exact) mass is 176 g/mol. The van der Waals surface area contributed by atoms with E-state index in [-0.39, 0.29) is 0 Å². The van der Waals surface area contributed by atoms with Crippen molar-refractivity contribution in [3.63, 3.8) is 0 Å². The van der Waals surface area contributed by atoms with Crippen LogP contribution in [-0.4, -0.2) is 20.6 Å². The lowest BCUT2D eigenvalue weighted by molar-refractivity contribution is 1.03. The first-order chi connectivity index (χ1) is 6.27. The Hall–Kier alpha value is -1.44. The number of anilines is 2. The van der Waals surface area contributed by atoms with E-state index in [1.54, 1.807) is 0 Å². The maximum Gasteiger partial charge on any atom is 0.0387 e. The molecule has 0 heterocycles. The van der Waals surface area contributed by atoms with Crippen molar-refractivity contribution in [2.45, 2.75) is 0 Å². The van der Waals surface area contributed by atoms with E-state index < -0.39 is 0 Å². The van der Waals surface area contributed by atoms with E-state index in [1.807, 2.05) is 25.3 Å². The predicted octanol–water partition coefficient (Wildman–Crippen LogP) is 2.35. The zero-order chi connectivity index (χ0) is 9.68. The molecule has 0 fully saturated rings. The highest BCUT2D eigenvalue weighted by Crippen LogP contribution is 2.17. The molecule has 0 saturated heterocycles. The molecule has 2 heteroatoms. The summed E-state index contributed by atoms with van der Waals surface area (Å²) in [5, 5.41) is 3.11. The lowest BCUT2D eigenvalue weighted by Gasteiger charge is -2.17. The minimum Gasteiger partial charge on any atom is -0.388 e. The van der Waals surface area contributed by atoms with Crippen LogP contribution in [0.15, 0.2) is 36.9 Å². The molecule has 0 atom stereocenters. The number of hydrogen-bond acceptors (Lipinski definition) is 2. The fourth-order valence-corrected chi connectivity index (χ4v) is 1.20. The van der Waals surface area contributed by atoms with Crippen LogP contribution in [-0.2, 0) is 0 Å². The quantitative estimate of drug-likeness (QED) is 0.708. The summed E-state index contributed by atoms with van der Waals surface area (Å²) >= 11 is 0. The summed E-state index contributed by atoms with van der Waals surface area (Å²) in [5.74, 6) is 0. The maximum atomic E-state index is 3.71. The van der Waals surface area contributed by atoms with Gasteiger partial charge in [0.1, 0.15) is 0 Å². The van der Waals surface area contributed by atoms with E-state index in [9.17, 15) is 0 Å². The van der Waals surface area contributed by atoms with Crippen molar-refractivity contribution in [2.24, 2.45) is 0 Å². The Morgan fingerprint density at radius 1 is 1.54 bits per heavy atom. The minimum atomic E-state index is 0.868. The number of nitrogens with zero attached hydrogens (tertiary/aromatic N) is 1. The third-order valence-corrected chi connectivity index (χ3v) is 1.98. The maximum absolute atomic E-state index is 3.71. The van der Waals surface area contributed by atoms with Crippen molar-refractivity contribution in [1.82, 2.24) is 0 Å². The van der Waals surface area contributed by atoms with Gasteiger partial charge in [0.15, 0.2) is 0 Å². The molecule has 13 heavy (non-hydrogen) atoms. The van der Waals surface area contributed by atoms with Gasteiger partial charge in [0, 0.05) is 32.0 Å². The second-order valence-corrected chi connectivity index (χ2v) is 2.97. The van der Waals surface area contributed by atoms with Crippen molar-refractivity contribution >= 4 is 11.4 Å². The Balaban J connectivity index is 2.81. The van der Waals surface area contributed by atoms with Crippen LogP contribution in [0.1, 0.15) is 0 Å². The van der Waals surface area contributed by atoms with Crippen LogP contribution < -0.4 is 10.2 Å². The Bertz CT molecular complexity index is 281. The molecule has 70 valence electrons. The normalized spacial score (nSPS) is 9.38. The third kappa shape index (κ3) is 2.51. The Labute approximate surface area is 79.9 Å². The van der Waals surface area contributed by atoms with Gasteiger partial charge in [-0.2, -0.15) is 0 Å². The van der Waals surface area contributed by atoms with Gasteiger partial charge in [-0.3, -0.25) is 0 Å². The van der Waals surface area contributed by atoms with E-state index in [4.69, 9.17) is 0 Å². The van der Waals surface area contributed by atoms with Gasteiger partial charge in [-0.15, -0.1) is 6.58 Å². The summed E-state index contributed by atoms with van der Waals surface area (Å²) < 4.78 is 0. The summed E-state index contributed by atoms with van der Waals surface area (Å²) in [6, 6.07) is 8.29. The average molecular weight is 176 g/mol. The first kappa shape index (κ1) is 9.65. The number of hydrogen-bond donors (Lipinski definition) is 1. The molecule has 1 N–H and O–H groups in total. The minimum absolute atomic E-state index is 0.868. The van der Waals surface area contributed by atoms with E-state index in [0.717, 1.165) is 12.2 Å². The summed E-state index contributed by atoms with van der Waals surface area (Å²) in [6.07, 6.45) is 1.89. The largest absolute Gasteiger partial charge is 0.388 e. The second kappa shape index (κ2) is 4.55. The molecule has 1 aromatic carbocycles. The molecule has 1 rings (SSSR count). The van der Waals surface area contributed by atoms with Crippen LogP contribution in [0, 0.1) is 0 Å². The van der Waals surface area contributed by atoms with Gasteiger partial charge >= 0.3 is 0 Å². The molecule has 0 bridgehead atoms. The molecular formula is C11H16N2. The molecule has 0 saturated carbocycles. The zero-order valence-electron chi connectivity index (χ0n) is 8.25. The highest BCUT2D eigenvalue weighted by molar-refractivity contribution is 5.57. The van der Waals surface area contributed by atoms with Gasteiger partial charge in [0.05, 0.1) is 0 Å². The lowest BCUT2D eigenvalue weighted by atomic mass is 10.2. The van der Waals surface area contributed by atoms with Gasteiger partial charge in [0.25, 0.3) is 0 Å². The third-order valence-electron chi connectivity index (χ3n) is 1.98. The molecule has 0 aromatic heterocycles. The molecule has 0 aliphatic rings. The summed E-state index contributed by atoms with van der Waals surface area (Å²) in [4.78, 5) is 2.15. The Morgan fingerprint density at radius 2 is 2.31 bits per heavy atom. The fraction of sp³-hybridized carbons (Fsp3) is 0.273. The number of rotatable bonds is 4. The van der Waals surface area contributed by atoms with Gasteiger partial charge in [-0.1, -0.05) is 12.1 Å². The second-order valence-electron chi connectivity index (χ2n) is 2.97. The zero-order valence-corrected chi connectivity index (χ0v) is 8.25. The van der Waals surface area contributed by atoms with Crippen molar-refractivity contribution in [2.75, 3.05) is 30.9 Å². The highest BCUT2D eigenvalue weighted by atomic mass is 15.1. The first-order valence-electron chi connectivity index (χ1n) is 4.37. The smallest absolute Gasteiger partial charge is 0.0387 e. The summed E-state index contributed by atoms with van der Waals surface area (Å²) in [6.45, 7) is 4.58. The fourth-order valence-electron chi connectivity index (χ4n) is 1.20. The van der Waals surface area contributed by atoms with E-state index in [2.05, 4.69) is 36.0 Å². The molecule has 0 unspecified atom stereocenters. The Morgan fingerprint density at radius 3 is 2.92 bits per heavy atom. The summed E-state index contributed by atoms with van der Waals surface area (Å²) in [7, 11) is 3.98. The molecule has 0 radical (unpaired) electrons. The van der Waals surface area contributed by atoms with E-state index >= 15 is 0 Å². The molecule has 0 aliphatic heterocycles. The van der Waals surface area contributed by atoms with Gasteiger partial charge in [-0.05, 0) is 18.2 Å². The van der Waals surface area contributed by atoms with Crippen LogP contribution in [0.5, 0.6) is 0 Å². The summed E-state index contributed by atoms with van der Waals surface area (Å²) in [5.41, 5.74) is 2.33. The molecule has 0 spiro atoms. The van der Waals surface area contributed by atoms with Crippen molar-refractivity contribution in [1.29, 1.82) is 0 Å².